The number of para-hydroxylation sites is 1. The van der Waals surface area contributed by atoms with Crippen LogP contribution in [0, 0.1) is 6.92 Å². The number of furan rings is 1. The van der Waals surface area contributed by atoms with Gasteiger partial charge in [0, 0.05) is 10.0 Å². The largest absolute Gasteiger partial charge is 0.496 e. The number of hydrogen-bond acceptors (Lipinski definition) is 7. The van der Waals surface area contributed by atoms with E-state index in [2.05, 4.69) is 21.0 Å². The van der Waals surface area contributed by atoms with Crippen molar-refractivity contribution in [1.29, 1.82) is 0 Å². The van der Waals surface area contributed by atoms with E-state index in [0.717, 1.165) is 16.5 Å². The van der Waals surface area contributed by atoms with Crippen LogP contribution in [0.25, 0.3) is 33.5 Å². The highest BCUT2D eigenvalue weighted by atomic mass is 79.9. The van der Waals surface area contributed by atoms with E-state index >= 15 is 0 Å². The molecule has 0 unspecified atom stereocenters. The lowest BCUT2D eigenvalue weighted by Gasteiger charge is -2.15. The second-order valence-electron chi connectivity index (χ2n) is 9.70. The first kappa shape index (κ1) is 28.5. The zero-order valence-electron chi connectivity index (χ0n) is 23.4. The molecule has 0 fully saturated rings. The van der Waals surface area contributed by atoms with E-state index < -0.39 is 0 Å². The summed E-state index contributed by atoms with van der Waals surface area (Å²) in [5.41, 5.74) is 3.45. The smallest absolute Gasteiger partial charge is 0.282 e. The SMILES string of the molecule is COc1cc(C=Nn2c(-c3cc4c(OC)cccc4o3)nc3ccccc3c2=O)c(Br)c(Cl)c1OCc1ccc(C)cc1. The van der Waals surface area contributed by atoms with Gasteiger partial charge >= 0.3 is 0 Å². The van der Waals surface area contributed by atoms with Crippen LogP contribution in [-0.4, -0.2) is 30.1 Å². The average Bonchev–Trinajstić information content (AvgIpc) is 3.47. The van der Waals surface area contributed by atoms with Gasteiger partial charge in [-0.3, -0.25) is 4.79 Å². The van der Waals surface area contributed by atoms with Crippen molar-refractivity contribution in [3.05, 3.63) is 115 Å². The van der Waals surface area contributed by atoms with Gasteiger partial charge in [-0.2, -0.15) is 9.78 Å². The van der Waals surface area contributed by atoms with Crippen LogP contribution in [0.1, 0.15) is 16.7 Å². The lowest BCUT2D eigenvalue weighted by atomic mass is 10.1. The minimum Gasteiger partial charge on any atom is -0.496 e. The van der Waals surface area contributed by atoms with Crippen LogP contribution in [0.4, 0.5) is 0 Å². The maximum absolute atomic E-state index is 13.7. The van der Waals surface area contributed by atoms with Crippen molar-refractivity contribution in [3.63, 3.8) is 0 Å². The van der Waals surface area contributed by atoms with Crippen molar-refractivity contribution < 1.29 is 18.6 Å². The highest BCUT2D eigenvalue weighted by Gasteiger charge is 2.20. The minimum absolute atomic E-state index is 0.227. The number of fused-ring (bicyclic) bond motifs is 2. The third kappa shape index (κ3) is 5.49. The number of aryl methyl sites for hydroxylation is 1. The summed E-state index contributed by atoms with van der Waals surface area (Å²) in [7, 11) is 3.12. The normalized spacial score (nSPS) is 11.5. The van der Waals surface area contributed by atoms with Crippen molar-refractivity contribution in [3.8, 4) is 28.8 Å². The van der Waals surface area contributed by atoms with Gasteiger partial charge < -0.3 is 18.6 Å². The minimum atomic E-state index is -0.364. The third-order valence-electron chi connectivity index (χ3n) is 6.91. The van der Waals surface area contributed by atoms with Gasteiger partial charge in [-0.1, -0.05) is 59.6 Å². The molecular formula is C33H25BrClN3O5. The Labute approximate surface area is 260 Å². The summed E-state index contributed by atoms with van der Waals surface area (Å²) in [6.45, 7) is 2.33. The number of halogens is 2. The van der Waals surface area contributed by atoms with Gasteiger partial charge in [-0.15, -0.1) is 0 Å². The molecule has 0 bridgehead atoms. The quantitative estimate of drug-likeness (QED) is 0.154. The Morgan fingerprint density at radius 1 is 0.977 bits per heavy atom. The van der Waals surface area contributed by atoms with Crippen LogP contribution in [-0.2, 0) is 6.61 Å². The Kier molecular flexibility index (Phi) is 7.92. The molecule has 0 aliphatic rings. The van der Waals surface area contributed by atoms with Crippen molar-refractivity contribution in [2.75, 3.05) is 14.2 Å². The number of rotatable bonds is 8. The number of hydrogen-bond donors (Lipinski definition) is 0. The standard InChI is InChI=1S/C33H25BrClN3O5/c1-19-11-13-20(14-12-19)18-42-31-27(41-3)15-21(29(34)30(31)35)17-36-38-32(37-24-8-5-4-7-22(24)33(38)39)28-16-23-25(40-2)9-6-10-26(23)43-28/h4-17H,18H2,1-3H3. The first-order valence-corrected chi connectivity index (χ1v) is 14.4. The van der Waals surface area contributed by atoms with E-state index in [1.54, 1.807) is 37.4 Å². The van der Waals surface area contributed by atoms with E-state index in [4.69, 9.17) is 35.2 Å². The van der Waals surface area contributed by atoms with Crippen molar-refractivity contribution >= 4 is 55.6 Å². The monoisotopic (exact) mass is 657 g/mol. The Balaban J connectivity index is 1.43. The van der Waals surface area contributed by atoms with E-state index in [-0.39, 0.29) is 11.4 Å². The summed E-state index contributed by atoms with van der Waals surface area (Å²) in [6, 6.07) is 24.1. The molecule has 43 heavy (non-hydrogen) atoms. The molecule has 0 amide bonds. The van der Waals surface area contributed by atoms with Gasteiger partial charge in [0.15, 0.2) is 17.3 Å². The number of aromatic nitrogens is 2. The molecule has 0 saturated heterocycles. The maximum atomic E-state index is 13.7. The van der Waals surface area contributed by atoms with E-state index in [9.17, 15) is 4.79 Å². The molecule has 4 aromatic carbocycles. The molecule has 216 valence electrons. The van der Waals surface area contributed by atoms with Crippen LogP contribution in [0.5, 0.6) is 17.2 Å². The fraction of sp³-hybridized carbons (Fsp3) is 0.121. The second-order valence-corrected chi connectivity index (χ2v) is 10.9. The first-order chi connectivity index (χ1) is 20.9. The summed E-state index contributed by atoms with van der Waals surface area (Å²) >= 11 is 10.3. The lowest BCUT2D eigenvalue weighted by molar-refractivity contribution is 0.284. The second kappa shape index (κ2) is 11.9. The molecule has 0 aliphatic carbocycles. The number of nitrogens with zero attached hydrogens (tertiary/aromatic N) is 3. The van der Waals surface area contributed by atoms with Crippen LogP contribution < -0.4 is 19.8 Å². The molecule has 2 aromatic heterocycles. The summed E-state index contributed by atoms with van der Waals surface area (Å²) in [5, 5.41) is 6.03. The highest BCUT2D eigenvalue weighted by Crippen LogP contribution is 2.42. The lowest BCUT2D eigenvalue weighted by Crippen LogP contribution is -2.20. The first-order valence-electron chi connectivity index (χ1n) is 13.3. The predicted molar refractivity (Wildman–Crippen MR) is 172 cm³/mol. The molecule has 2 heterocycles. The Morgan fingerprint density at radius 2 is 1.74 bits per heavy atom. The molecule has 0 spiro atoms. The molecule has 10 heteroatoms. The fourth-order valence-corrected chi connectivity index (χ4v) is 5.31. The molecule has 0 atom stereocenters. The zero-order valence-corrected chi connectivity index (χ0v) is 25.8. The van der Waals surface area contributed by atoms with E-state index in [1.165, 1.54) is 18.0 Å². The number of benzene rings is 4. The van der Waals surface area contributed by atoms with Crippen LogP contribution in [0.3, 0.4) is 0 Å². The Hall–Kier alpha value is -4.60. The van der Waals surface area contributed by atoms with Gasteiger partial charge in [0.2, 0.25) is 5.82 Å². The summed E-state index contributed by atoms with van der Waals surface area (Å²) in [5.74, 6) is 2.02. The molecule has 0 radical (unpaired) electrons. The van der Waals surface area contributed by atoms with Gasteiger partial charge in [0.25, 0.3) is 5.56 Å². The van der Waals surface area contributed by atoms with Crippen molar-refractivity contribution in [1.82, 2.24) is 9.66 Å². The fourth-order valence-electron chi connectivity index (χ4n) is 4.66. The molecule has 0 saturated carbocycles. The van der Waals surface area contributed by atoms with Crippen molar-refractivity contribution in [2.24, 2.45) is 5.10 Å². The zero-order chi connectivity index (χ0) is 30.1. The molecule has 0 aliphatic heterocycles. The summed E-state index contributed by atoms with van der Waals surface area (Å²) in [4.78, 5) is 18.5. The molecular weight excluding hydrogens is 634 g/mol. The molecule has 6 aromatic rings. The predicted octanol–water partition coefficient (Wildman–Crippen LogP) is 8.01. The highest BCUT2D eigenvalue weighted by molar-refractivity contribution is 9.10. The number of ether oxygens (including phenoxy) is 3. The van der Waals surface area contributed by atoms with E-state index in [1.807, 2.05) is 55.5 Å². The van der Waals surface area contributed by atoms with Crippen molar-refractivity contribution in [2.45, 2.75) is 13.5 Å². The summed E-state index contributed by atoms with van der Waals surface area (Å²) in [6.07, 6.45) is 1.51. The third-order valence-corrected chi connectivity index (χ3v) is 8.35. The molecule has 6 rings (SSSR count). The van der Waals surface area contributed by atoms with Crippen LogP contribution >= 0.6 is 27.5 Å². The van der Waals surface area contributed by atoms with Crippen LogP contribution in [0.2, 0.25) is 5.02 Å². The summed E-state index contributed by atoms with van der Waals surface area (Å²) < 4.78 is 25.0. The van der Waals surface area contributed by atoms with Crippen LogP contribution in [0.15, 0.2) is 97.6 Å². The Morgan fingerprint density at radius 3 is 2.51 bits per heavy atom. The average molecular weight is 659 g/mol. The van der Waals surface area contributed by atoms with Gasteiger partial charge in [0.05, 0.1) is 36.7 Å². The Bertz CT molecular complexity index is 2070. The van der Waals surface area contributed by atoms with E-state index in [0.29, 0.717) is 61.2 Å². The number of methoxy groups -OCH3 is 2. The van der Waals surface area contributed by atoms with Gasteiger partial charge in [-0.25, -0.2) is 4.98 Å². The molecule has 8 nitrogen and oxygen atoms in total. The molecule has 0 N–H and O–H groups in total. The van der Waals surface area contributed by atoms with Gasteiger partial charge in [0.1, 0.15) is 23.0 Å². The maximum Gasteiger partial charge on any atom is 0.282 e. The topological polar surface area (TPSA) is 88.1 Å². The van der Waals surface area contributed by atoms with Gasteiger partial charge in [-0.05, 0) is 64.8 Å².